The molecule has 9 heavy (non-hydrogen) atoms. The Bertz CT molecular complexity index is 108. The van der Waals surface area contributed by atoms with Gasteiger partial charge in [0, 0.05) is 0 Å². The molecule has 0 saturated carbocycles. The summed E-state index contributed by atoms with van der Waals surface area (Å²) < 4.78 is 8.80. The fourth-order valence-corrected chi connectivity index (χ4v) is 0.757. The van der Waals surface area contributed by atoms with Crippen LogP contribution in [-0.2, 0) is 15.7 Å². The molecule has 0 fully saturated rings. The number of rotatable bonds is 2. The molecule has 0 spiro atoms. The molecule has 0 amide bonds. The van der Waals surface area contributed by atoms with Crippen LogP contribution in [0.25, 0.3) is 0 Å². The van der Waals surface area contributed by atoms with Crippen LogP contribution in [0.3, 0.4) is 0 Å². The van der Waals surface area contributed by atoms with E-state index in [4.69, 9.17) is 0 Å². The third kappa shape index (κ3) is 7.67. The van der Waals surface area contributed by atoms with Crippen molar-refractivity contribution in [3.05, 3.63) is 0 Å². The van der Waals surface area contributed by atoms with Crippen molar-refractivity contribution >= 4 is 34.0 Å². The molecule has 0 heterocycles. The van der Waals surface area contributed by atoms with Gasteiger partial charge in [-0.15, -0.1) is 0 Å². The molecule has 0 aliphatic carbocycles. The number of carbonyl (C=O) groups excluding carboxylic acids is 2. The Balaban J connectivity index is 3.10. The van der Waals surface area contributed by atoms with Crippen LogP contribution in [0.4, 0.5) is 0 Å². The van der Waals surface area contributed by atoms with Gasteiger partial charge in [-0.2, -0.15) is 0 Å². The minimum atomic E-state index is -1.31. The first-order valence-electron chi connectivity index (χ1n) is 2.15. The Kier molecular flexibility index (Phi) is 4.37. The molecule has 0 saturated heterocycles. The first-order chi connectivity index (χ1) is 4.13. The molecule has 0 unspecified atom stereocenters. The summed E-state index contributed by atoms with van der Waals surface area (Å²) in [5, 5.41) is 0. The van der Waals surface area contributed by atoms with Gasteiger partial charge in [0.15, 0.2) is 0 Å². The average Bonchev–Trinajstić information content (AvgIpc) is 1.63. The molecular formula is C4H7IO4. The van der Waals surface area contributed by atoms with E-state index >= 15 is 0 Å². The molecule has 0 aromatic rings. The zero-order valence-corrected chi connectivity index (χ0v) is 7.37. The summed E-state index contributed by atoms with van der Waals surface area (Å²) in [6.07, 6.45) is 0. The molecule has 54 valence electrons. The van der Waals surface area contributed by atoms with Crippen molar-refractivity contribution in [3.63, 3.8) is 0 Å². The molecule has 0 rings (SSSR count). The van der Waals surface area contributed by atoms with Gasteiger partial charge in [0.05, 0.1) is 0 Å². The monoisotopic (exact) mass is 246 g/mol. The predicted molar refractivity (Wildman–Crippen MR) is 38.9 cm³/mol. The zero-order chi connectivity index (χ0) is 7.28. The van der Waals surface area contributed by atoms with E-state index in [0.717, 1.165) is 0 Å². The molecule has 0 radical (unpaired) electrons. The van der Waals surface area contributed by atoms with E-state index in [1.165, 1.54) is 13.8 Å². The van der Waals surface area contributed by atoms with Crippen LogP contribution in [0.5, 0.6) is 0 Å². The first kappa shape index (κ1) is 8.67. The van der Waals surface area contributed by atoms with Crippen LogP contribution >= 0.6 is 22.0 Å². The van der Waals surface area contributed by atoms with E-state index in [1.807, 2.05) is 0 Å². The molecule has 0 N–H and O–H groups in total. The van der Waals surface area contributed by atoms with Crippen molar-refractivity contribution in [2.24, 2.45) is 0 Å². The zero-order valence-electron chi connectivity index (χ0n) is 5.04. The molecule has 5 heteroatoms. The molecule has 0 bridgehead atoms. The quantitative estimate of drug-likeness (QED) is 0.671. The van der Waals surface area contributed by atoms with Gasteiger partial charge in [0.1, 0.15) is 0 Å². The van der Waals surface area contributed by atoms with Crippen LogP contribution in [0.2, 0.25) is 0 Å². The summed E-state index contributed by atoms with van der Waals surface area (Å²) in [5.74, 6) is -0.808. The van der Waals surface area contributed by atoms with Gasteiger partial charge in [-0.1, -0.05) is 0 Å². The summed E-state index contributed by atoms with van der Waals surface area (Å²) in [6, 6.07) is 0. The van der Waals surface area contributed by atoms with E-state index in [0.29, 0.717) is 0 Å². The second-order valence-electron chi connectivity index (χ2n) is 1.22. The van der Waals surface area contributed by atoms with Gasteiger partial charge in [-0.25, -0.2) is 0 Å². The van der Waals surface area contributed by atoms with Crippen molar-refractivity contribution in [2.45, 2.75) is 13.8 Å². The number of halogens is 1. The Morgan fingerprint density at radius 2 is 1.44 bits per heavy atom. The van der Waals surface area contributed by atoms with Crippen LogP contribution in [-0.4, -0.2) is 11.9 Å². The Labute approximate surface area is 63.9 Å². The van der Waals surface area contributed by atoms with Gasteiger partial charge in [-0.05, 0) is 0 Å². The van der Waals surface area contributed by atoms with Crippen molar-refractivity contribution in [2.75, 3.05) is 0 Å². The van der Waals surface area contributed by atoms with Gasteiger partial charge in [-0.3, -0.25) is 0 Å². The van der Waals surface area contributed by atoms with E-state index in [1.54, 1.807) is 0 Å². The maximum atomic E-state index is 10.0. The van der Waals surface area contributed by atoms with Crippen molar-refractivity contribution in [1.29, 1.82) is 0 Å². The Morgan fingerprint density at radius 1 is 1.11 bits per heavy atom. The van der Waals surface area contributed by atoms with Gasteiger partial charge < -0.3 is 0 Å². The SMILES string of the molecule is CC(=O)O[IH]OC(C)=O. The standard InChI is InChI=1S/C4H7IO4/c1-3(6)8-5-9-4(2)7/h5H,1-2H3. The Morgan fingerprint density at radius 3 is 1.67 bits per heavy atom. The first-order valence-corrected chi connectivity index (χ1v) is 4.05. The summed E-state index contributed by atoms with van der Waals surface area (Å²) in [6.45, 7) is 2.54. The summed E-state index contributed by atoms with van der Waals surface area (Å²) in [7, 11) is 0. The number of carbonyl (C=O) groups is 2. The maximum absolute atomic E-state index is 10.0. The Hall–Kier alpha value is -0.330. The fraction of sp³-hybridized carbons (Fsp3) is 0.500. The summed E-state index contributed by atoms with van der Waals surface area (Å²) >= 11 is -1.31. The third-order valence-corrected chi connectivity index (χ3v) is 2.03. The van der Waals surface area contributed by atoms with Crippen molar-refractivity contribution in [1.82, 2.24) is 0 Å². The number of hydrogen-bond donors (Lipinski definition) is 0. The molecule has 0 atom stereocenters. The topological polar surface area (TPSA) is 52.6 Å². The van der Waals surface area contributed by atoms with Crippen LogP contribution in [0.15, 0.2) is 0 Å². The van der Waals surface area contributed by atoms with Gasteiger partial charge in [0.2, 0.25) is 0 Å². The van der Waals surface area contributed by atoms with Gasteiger partial charge in [0.25, 0.3) is 0 Å². The summed E-state index contributed by atoms with van der Waals surface area (Å²) in [4.78, 5) is 20.1. The fourth-order valence-electron chi connectivity index (χ4n) is 0.113. The molecule has 0 aliphatic rings. The minimum absolute atomic E-state index is 0.404. The number of hydrogen-bond acceptors (Lipinski definition) is 4. The van der Waals surface area contributed by atoms with E-state index in [9.17, 15) is 9.59 Å². The molecule has 0 aromatic carbocycles. The van der Waals surface area contributed by atoms with Crippen LogP contribution < -0.4 is 0 Å². The predicted octanol–water partition coefficient (Wildman–Crippen LogP) is 0.646. The molecule has 0 aromatic heterocycles. The van der Waals surface area contributed by atoms with E-state index in [2.05, 4.69) is 6.13 Å². The molecule has 0 aliphatic heterocycles. The second kappa shape index (κ2) is 4.54. The van der Waals surface area contributed by atoms with E-state index in [-0.39, 0.29) is 0 Å². The van der Waals surface area contributed by atoms with Crippen LogP contribution in [0, 0.1) is 0 Å². The molecule has 4 nitrogen and oxygen atoms in total. The second-order valence-corrected chi connectivity index (χ2v) is 2.56. The third-order valence-electron chi connectivity index (χ3n) is 0.303. The van der Waals surface area contributed by atoms with Crippen molar-refractivity contribution in [3.8, 4) is 0 Å². The van der Waals surface area contributed by atoms with Crippen molar-refractivity contribution < 1.29 is 15.7 Å². The van der Waals surface area contributed by atoms with Gasteiger partial charge >= 0.3 is 63.5 Å². The molecular weight excluding hydrogens is 239 g/mol. The van der Waals surface area contributed by atoms with E-state index < -0.39 is 34.0 Å². The summed E-state index contributed by atoms with van der Waals surface area (Å²) in [5.41, 5.74) is 0. The average molecular weight is 246 g/mol. The normalized spacial score (nSPS) is 8.67. The van der Waals surface area contributed by atoms with Crippen LogP contribution in [0.1, 0.15) is 13.8 Å².